The number of H-pyrrole nitrogens is 1. The Morgan fingerprint density at radius 3 is 2.35 bits per heavy atom. The van der Waals surface area contributed by atoms with Gasteiger partial charge < -0.3 is 10.3 Å². The highest BCUT2D eigenvalue weighted by Crippen LogP contribution is 2.33. The van der Waals surface area contributed by atoms with Crippen LogP contribution in [-0.2, 0) is 13.0 Å². The summed E-state index contributed by atoms with van der Waals surface area (Å²) in [6, 6.07) is 25.8. The Morgan fingerprint density at radius 2 is 1.58 bits per heavy atom. The predicted molar refractivity (Wildman–Crippen MR) is 112 cm³/mol. The van der Waals surface area contributed by atoms with E-state index >= 15 is 0 Å². The summed E-state index contributed by atoms with van der Waals surface area (Å²) in [6.45, 7) is 5.20. The predicted octanol–water partition coefficient (Wildman–Crippen LogP) is 6.32. The molecular formula is C24H24N2. The van der Waals surface area contributed by atoms with E-state index in [0.717, 1.165) is 18.7 Å². The van der Waals surface area contributed by atoms with Crippen LogP contribution < -0.4 is 5.32 Å². The standard InChI is InChI=1S/C24H24N2/c1-3-22-24(21-10-6-7-11-23(21)26-22)18-12-14-20(15-13-18)25-16-19-9-5-4-8-17(19)2/h4-15,25-26H,3,16H2,1-2H3. The summed E-state index contributed by atoms with van der Waals surface area (Å²) in [7, 11) is 0. The molecule has 1 aromatic heterocycles. The number of aromatic nitrogens is 1. The summed E-state index contributed by atoms with van der Waals surface area (Å²) in [4.78, 5) is 3.56. The smallest absolute Gasteiger partial charge is 0.0462 e. The van der Waals surface area contributed by atoms with Gasteiger partial charge in [-0.15, -0.1) is 0 Å². The molecule has 2 N–H and O–H groups in total. The Morgan fingerprint density at radius 1 is 0.846 bits per heavy atom. The topological polar surface area (TPSA) is 27.8 Å². The minimum atomic E-state index is 0.847. The third kappa shape index (κ3) is 3.11. The number of hydrogen-bond donors (Lipinski definition) is 2. The van der Waals surface area contributed by atoms with E-state index in [2.05, 4.69) is 96.9 Å². The van der Waals surface area contributed by atoms with E-state index in [1.165, 1.54) is 38.9 Å². The van der Waals surface area contributed by atoms with Crippen molar-refractivity contribution in [3.05, 3.63) is 89.6 Å². The van der Waals surface area contributed by atoms with Crippen molar-refractivity contribution >= 4 is 16.6 Å². The first kappa shape index (κ1) is 16.5. The Balaban J connectivity index is 1.60. The highest BCUT2D eigenvalue weighted by molar-refractivity contribution is 5.97. The number of fused-ring (bicyclic) bond motifs is 1. The van der Waals surface area contributed by atoms with Gasteiger partial charge in [-0.25, -0.2) is 0 Å². The van der Waals surface area contributed by atoms with Gasteiger partial charge in [0.2, 0.25) is 0 Å². The first-order valence-corrected chi connectivity index (χ1v) is 9.24. The number of aryl methyl sites for hydroxylation is 2. The molecule has 0 saturated heterocycles. The molecular weight excluding hydrogens is 316 g/mol. The lowest BCUT2D eigenvalue weighted by Gasteiger charge is -2.10. The molecule has 2 nitrogen and oxygen atoms in total. The van der Waals surface area contributed by atoms with E-state index in [1.807, 2.05) is 0 Å². The van der Waals surface area contributed by atoms with Gasteiger partial charge in [-0.3, -0.25) is 0 Å². The first-order chi connectivity index (χ1) is 12.8. The maximum absolute atomic E-state index is 3.56. The molecule has 0 aliphatic heterocycles. The number of aromatic amines is 1. The number of anilines is 1. The van der Waals surface area contributed by atoms with Crippen LogP contribution in [0.1, 0.15) is 23.7 Å². The van der Waals surface area contributed by atoms with E-state index in [1.54, 1.807) is 0 Å². The Bertz CT molecular complexity index is 1030. The lowest BCUT2D eigenvalue weighted by Crippen LogP contribution is -2.00. The van der Waals surface area contributed by atoms with E-state index in [9.17, 15) is 0 Å². The summed E-state index contributed by atoms with van der Waals surface area (Å²) < 4.78 is 0. The van der Waals surface area contributed by atoms with Crippen LogP contribution in [0.2, 0.25) is 0 Å². The summed E-state index contributed by atoms with van der Waals surface area (Å²) >= 11 is 0. The summed E-state index contributed by atoms with van der Waals surface area (Å²) in [5.41, 5.74) is 8.90. The second kappa shape index (κ2) is 7.09. The molecule has 1 heterocycles. The van der Waals surface area contributed by atoms with Gasteiger partial charge in [0, 0.05) is 34.4 Å². The maximum atomic E-state index is 3.56. The fourth-order valence-corrected chi connectivity index (χ4v) is 3.55. The fraction of sp³-hybridized carbons (Fsp3) is 0.167. The average Bonchev–Trinajstić information content (AvgIpc) is 3.06. The van der Waals surface area contributed by atoms with Crippen LogP contribution in [0.25, 0.3) is 22.0 Å². The van der Waals surface area contributed by atoms with Crippen molar-refractivity contribution in [2.24, 2.45) is 0 Å². The van der Waals surface area contributed by atoms with Crippen molar-refractivity contribution in [3.8, 4) is 11.1 Å². The normalized spacial score (nSPS) is 11.0. The number of benzene rings is 3. The molecule has 2 heteroatoms. The van der Waals surface area contributed by atoms with Gasteiger partial charge in [-0.05, 0) is 48.2 Å². The van der Waals surface area contributed by atoms with Gasteiger partial charge in [-0.1, -0.05) is 61.5 Å². The third-order valence-corrected chi connectivity index (χ3v) is 5.06. The molecule has 0 aliphatic carbocycles. The fourth-order valence-electron chi connectivity index (χ4n) is 3.55. The van der Waals surface area contributed by atoms with Crippen molar-refractivity contribution in [1.29, 1.82) is 0 Å². The molecule has 0 spiro atoms. The van der Waals surface area contributed by atoms with E-state index < -0.39 is 0 Å². The molecule has 4 aromatic rings. The van der Waals surface area contributed by atoms with Crippen molar-refractivity contribution in [2.75, 3.05) is 5.32 Å². The van der Waals surface area contributed by atoms with Gasteiger partial charge in [0.25, 0.3) is 0 Å². The molecule has 0 radical (unpaired) electrons. The van der Waals surface area contributed by atoms with Crippen molar-refractivity contribution < 1.29 is 0 Å². The number of para-hydroxylation sites is 1. The van der Waals surface area contributed by atoms with Gasteiger partial charge in [0.1, 0.15) is 0 Å². The molecule has 26 heavy (non-hydrogen) atoms. The molecule has 0 saturated carbocycles. The highest BCUT2D eigenvalue weighted by Gasteiger charge is 2.11. The molecule has 0 unspecified atom stereocenters. The molecule has 0 aliphatic rings. The number of rotatable bonds is 5. The average molecular weight is 340 g/mol. The van der Waals surface area contributed by atoms with E-state index in [-0.39, 0.29) is 0 Å². The zero-order valence-electron chi connectivity index (χ0n) is 15.3. The van der Waals surface area contributed by atoms with Crippen LogP contribution in [0.4, 0.5) is 5.69 Å². The van der Waals surface area contributed by atoms with Gasteiger partial charge >= 0.3 is 0 Å². The maximum Gasteiger partial charge on any atom is 0.0462 e. The largest absolute Gasteiger partial charge is 0.381 e. The Hall–Kier alpha value is -3.00. The summed E-state index contributed by atoms with van der Waals surface area (Å²) in [5, 5.41) is 4.83. The summed E-state index contributed by atoms with van der Waals surface area (Å²) in [5.74, 6) is 0. The van der Waals surface area contributed by atoms with E-state index in [0.29, 0.717) is 0 Å². The number of nitrogens with one attached hydrogen (secondary N) is 2. The zero-order chi connectivity index (χ0) is 17.9. The van der Waals surface area contributed by atoms with Crippen LogP contribution in [0.3, 0.4) is 0 Å². The minimum absolute atomic E-state index is 0.847. The highest BCUT2D eigenvalue weighted by atomic mass is 14.9. The second-order valence-electron chi connectivity index (χ2n) is 6.74. The van der Waals surface area contributed by atoms with Gasteiger partial charge in [-0.2, -0.15) is 0 Å². The second-order valence-corrected chi connectivity index (χ2v) is 6.74. The van der Waals surface area contributed by atoms with Crippen LogP contribution >= 0.6 is 0 Å². The van der Waals surface area contributed by atoms with Gasteiger partial charge in [0.05, 0.1) is 0 Å². The van der Waals surface area contributed by atoms with Crippen molar-refractivity contribution in [2.45, 2.75) is 26.8 Å². The van der Waals surface area contributed by atoms with E-state index in [4.69, 9.17) is 0 Å². The van der Waals surface area contributed by atoms with Crippen LogP contribution in [-0.4, -0.2) is 4.98 Å². The molecule has 3 aromatic carbocycles. The monoisotopic (exact) mass is 340 g/mol. The zero-order valence-corrected chi connectivity index (χ0v) is 15.3. The molecule has 0 bridgehead atoms. The summed E-state index contributed by atoms with van der Waals surface area (Å²) in [6.07, 6.45) is 0.997. The van der Waals surface area contributed by atoms with Crippen molar-refractivity contribution in [3.63, 3.8) is 0 Å². The Labute approximate surface area is 154 Å². The lowest BCUT2D eigenvalue weighted by atomic mass is 10.0. The quantitative estimate of drug-likeness (QED) is 0.437. The Kier molecular flexibility index (Phi) is 4.49. The first-order valence-electron chi connectivity index (χ1n) is 9.24. The minimum Gasteiger partial charge on any atom is -0.381 e. The lowest BCUT2D eigenvalue weighted by molar-refractivity contribution is 1.08. The molecule has 0 amide bonds. The molecule has 0 fully saturated rings. The van der Waals surface area contributed by atoms with Crippen LogP contribution in [0.5, 0.6) is 0 Å². The van der Waals surface area contributed by atoms with Gasteiger partial charge in [0.15, 0.2) is 0 Å². The molecule has 130 valence electrons. The third-order valence-electron chi connectivity index (χ3n) is 5.06. The SMILES string of the molecule is CCc1[nH]c2ccccc2c1-c1ccc(NCc2ccccc2C)cc1. The van der Waals surface area contributed by atoms with Crippen LogP contribution in [0, 0.1) is 6.92 Å². The van der Waals surface area contributed by atoms with Crippen molar-refractivity contribution in [1.82, 2.24) is 4.98 Å². The number of hydrogen-bond acceptors (Lipinski definition) is 1. The molecule has 4 rings (SSSR count). The van der Waals surface area contributed by atoms with Crippen LogP contribution in [0.15, 0.2) is 72.8 Å². The molecule has 0 atom stereocenters.